The Balaban J connectivity index is 3.39. The summed E-state index contributed by atoms with van der Waals surface area (Å²) in [6.07, 6.45) is 0. The summed E-state index contributed by atoms with van der Waals surface area (Å²) in [6, 6.07) is 0. The first-order chi connectivity index (χ1) is 3.30. The molecule has 0 aliphatic carbocycles. The average Bonchev–Trinajstić information content (AvgIpc) is 1.91. The van der Waals surface area contributed by atoms with Crippen LogP contribution in [0.3, 0.4) is 0 Å². The van der Waals surface area contributed by atoms with Gasteiger partial charge in [0.2, 0.25) is 5.82 Å². The van der Waals surface area contributed by atoms with Crippen LogP contribution >= 0.6 is 11.7 Å². The number of hydrogen-bond acceptors (Lipinski definition) is 4. The van der Waals surface area contributed by atoms with Crippen molar-refractivity contribution < 1.29 is 0 Å². The van der Waals surface area contributed by atoms with Crippen LogP contribution in [0.15, 0.2) is 4.79 Å². The molecule has 1 rings (SSSR count). The lowest BCUT2D eigenvalue weighted by molar-refractivity contribution is 1.40. The zero-order valence-electron chi connectivity index (χ0n) is 3.34. The highest BCUT2D eigenvalue weighted by Gasteiger charge is 1.90. The predicted molar refractivity (Wildman–Crippen MR) is 27.1 cm³/mol. The van der Waals surface area contributed by atoms with E-state index < -0.39 is 0 Å². The summed E-state index contributed by atoms with van der Waals surface area (Å²) in [5.74, 6) is 0.0463. The van der Waals surface area contributed by atoms with Gasteiger partial charge in [-0.2, -0.15) is 4.37 Å². The van der Waals surface area contributed by atoms with E-state index in [1.807, 2.05) is 0 Å². The highest BCUT2D eigenvalue weighted by Crippen LogP contribution is 1.82. The van der Waals surface area contributed by atoms with Crippen molar-refractivity contribution in [3.05, 3.63) is 10.4 Å². The Hall–Kier alpha value is -0.840. The summed E-state index contributed by atoms with van der Waals surface area (Å²) in [6.45, 7) is 0. The van der Waals surface area contributed by atoms with Crippen molar-refractivity contribution in [2.75, 3.05) is 5.73 Å². The standard InChI is InChI=1S/C2H3N3OS/c3-1-2(6)5-7-4-1/h(H2,3,4)(H,5,6). The Kier molecular flexibility index (Phi) is 0.828. The molecule has 0 spiro atoms. The normalized spacial score (nSPS) is 9.14. The number of H-pyrrole nitrogens is 1. The topological polar surface area (TPSA) is 71.8 Å². The molecule has 0 radical (unpaired) electrons. The number of nitrogens with one attached hydrogen (secondary N) is 1. The van der Waals surface area contributed by atoms with Gasteiger partial charge in [0.1, 0.15) is 0 Å². The molecule has 1 aromatic heterocycles. The van der Waals surface area contributed by atoms with Crippen LogP contribution in [0.25, 0.3) is 0 Å². The molecule has 38 valence electrons. The Labute approximate surface area is 43.3 Å². The Bertz CT molecular complexity index is 201. The number of rotatable bonds is 0. The number of hydrogen-bond donors (Lipinski definition) is 2. The second-order valence-electron chi connectivity index (χ2n) is 0.999. The molecule has 0 amide bonds. The number of aromatic nitrogens is 2. The number of aromatic amines is 1. The highest BCUT2D eigenvalue weighted by atomic mass is 32.1. The van der Waals surface area contributed by atoms with Crippen LogP contribution in [-0.4, -0.2) is 8.75 Å². The van der Waals surface area contributed by atoms with E-state index in [0.717, 1.165) is 11.7 Å². The Morgan fingerprint density at radius 2 is 2.57 bits per heavy atom. The minimum atomic E-state index is -0.301. The van der Waals surface area contributed by atoms with Gasteiger partial charge in [0.25, 0.3) is 0 Å². The largest absolute Gasteiger partial charge is 0.378 e. The molecular weight excluding hydrogens is 114 g/mol. The average molecular weight is 117 g/mol. The minimum absolute atomic E-state index is 0.0463. The van der Waals surface area contributed by atoms with Crippen molar-refractivity contribution >= 4 is 17.5 Å². The van der Waals surface area contributed by atoms with Crippen molar-refractivity contribution in [2.45, 2.75) is 0 Å². The molecule has 0 aliphatic heterocycles. The fourth-order valence-electron chi connectivity index (χ4n) is 0.207. The van der Waals surface area contributed by atoms with Crippen molar-refractivity contribution in [1.82, 2.24) is 8.75 Å². The van der Waals surface area contributed by atoms with Crippen molar-refractivity contribution in [1.29, 1.82) is 0 Å². The van der Waals surface area contributed by atoms with Crippen LogP contribution in [0.1, 0.15) is 0 Å². The van der Waals surface area contributed by atoms with Gasteiger partial charge < -0.3 is 5.73 Å². The van der Waals surface area contributed by atoms with E-state index in [0.29, 0.717) is 0 Å². The molecule has 3 N–H and O–H groups in total. The van der Waals surface area contributed by atoms with Crippen LogP contribution < -0.4 is 11.3 Å². The summed E-state index contributed by atoms with van der Waals surface area (Å²) in [5, 5.41) is 0. The lowest BCUT2D eigenvalue weighted by Gasteiger charge is -1.65. The molecule has 0 saturated heterocycles. The van der Waals surface area contributed by atoms with E-state index in [2.05, 4.69) is 8.75 Å². The van der Waals surface area contributed by atoms with Gasteiger partial charge in [-0.25, -0.2) is 0 Å². The van der Waals surface area contributed by atoms with Crippen LogP contribution in [0.4, 0.5) is 5.82 Å². The lowest BCUT2D eigenvalue weighted by atomic mass is 10.8. The molecule has 0 aliphatic rings. The van der Waals surface area contributed by atoms with E-state index >= 15 is 0 Å². The zero-order valence-corrected chi connectivity index (χ0v) is 4.16. The quantitative estimate of drug-likeness (QED) is 0.477. The second kappa shape index (κ2) is 1.34. The van der Waals surface area contributed by atoms with E-state index in [1.165, 1.54) is 0 Å². The monoisotopic (exact) mass is 117 g/mol. The first-order valence-electron chi connectivity index (χ1n) is 1.60. The fourth-order valence-corrected chi connectivity index (χ4v) is 0.622. The van der Waals surface area contributed by atoms with Gasteiger partial charge in [0, 0.05) is 11.7 Å². The maximum Gasteiger partial charge on any atom is 0.301 e. The van der Waals surface area contributed by atoms with E-state index in [1.54, 1.807) is 0 Å². The van der Waals surface area contributed by atoms with Gasteiger partial charge in [0.05, 0.1) is 0 Å². The van der Waals surface area contributed by atoms with Crippen molar-refractivity contribution in [3.8, 4) is 0 Å². The van der Waals surface area contributed by atoms with Gasteiger partial charge in [-0.05, 0) is 0 Å². The van der Waals surface area contributed by atoms with Crippen molar-refractivity contribution in [2.24, 2.45) is 0 Å². The lowest BCUT2D eigenvalue weighted by Crippen LogP contribution is -2.04. The Morgan fingerprint density at radius 3 is 2.71 bits per heavy atom. The van der Waals surface area contributed by atoms with Gasteiger partial charge in [0.15, 0.2) is 0 Å². The maximum absolute atomic E-state index is 10.2. The van der Waals surface area contributed by atoms with E-state index in [9.17, 15) is 4.79 Å². The van der Waals surface area contributed by atoms with E-state index in [-0.39, 0.29) is 11.4 Å². The summed E-state index contributed by atoms with van der Waals surface area (Å²) in [7, 11) is 0. The number of nitrogens with two attached hydrogens (primary N) is 1. The first-order valence-corrected chi connectivity index (χ1v) is 2.38. The van der Waals surface area contributed by atoms with Gasteiger partial charge in [-0.15, -0.1) is 0 Å². The van der Waals surface area contributed by atoms with E-state index in [4.69, 9.17) is 5.73 Å². The van der Waals surface area contributed by atoms with Gasteiger partial charge in [-0.1, -0.05) is 0 Å². The molecule has 0 atom stereocenters. The summed E-state index contributed by atoms with van der Waals surface area (Å²) < 4.78 is 5.79. The first kappa shape index (κ1) is 4.32. The fraction of sp³-hybridized carbons (Fsp3) is 0. The molecule has 1 heterocycles. The van der Waals surface area contributed by atoms with Crippen molar-refractivity contribution in [3.63, 3.8) is 0 Å². The van der Waals surface area contributed by atoms with Crippen LogP contribution in [0, 0.1) is 0 Å². The molecule has 0 aromatic carbocycles. The Morgan fingerprint density at radius 1 is 1.86 bits per heavy atom. The third-order valence-electron chi connectivity index (χ3n) is 0.515. The van der Waals surface area contributed by atoms with Gasteiger partial charge >= 0.3 is 5.56 Å². The number of nitrogens with zero attached hydrogens (tertiary/aromatic N) is 1. The van der Waals surface area contributed by atoms with Gasteiger partial charge in [-0.3, -0.25) is 9.17 Å². The maximum atomic E-state index is 10.2. The molecule has 4 nitrogen and oxygen atoms in total. The summed E-state index contributed by atoms with van der Waals surface area (Å²) in [4.78, 5) is 10.2. The molecule has 0 bridgehead atoms. The molecular formula is C2H3N3OS. The molecule has 0 unspecified atom stereocenters. The number of anilines is 1. The molecule has 5 heteroatoms. The zero-order chi connectivity index (χ0) is 5.28. The smallest absolute Gasteiger partial charge is 0.301 e. The summed E-state index contributed by atoms with van der Waals surface area (Å²) >= 11 is 0.954. The molecule has 7 heavy (non-hydrogen) atoms. The second-order valence-corrected chi connectivity index (χ2v) is 1.57. The SMILES string of the molecule is Nc1ns[nH]c1=O. The third kappa shape index (κ3) is 0.614. The third-order valence-corrected chi connectivity index (χ3v) is 1.08. The molecule has 0 fully saturated rings. The molecule has 0 saturated carbocycles. The summed E-state index contributed by atoms with van der Waals surface area (Å²) in [5.41, 5.74) is 4.69. The minimum Gasteiger partial charge on any atom is -0.378 e. The van der Waals surface area contributed by atoms with Crippen LogP contribution in [0.2, 0.25) is 0 Å². The number of nitrogen functional groups attached to an aromatic ring is 1. The van der Waals surface area contributed by atoms with Crippen LogP contribution in [-0.2, 0) is 0 Å². The highest BCUT2D eigenvalue weighted by molar-refractivity contribution is 6.99. The van der Waals surface area contributed by atoms with Crippen LogP contribution in [0.5, 0.6) is 0 Å². The predicted octanol–water partition coefficient (Wildman–Crippen LogP) is -0.586. The molecule has 1 aromatic rings.